The molecule has 1 heterocycles. The van der Waals surface area contributed by atoms with Gasteiger partial charge in [0.1, 0.15) is 0 Å². The van der Waals surface area contributed by atoms with E-state index < -0.39 is 0 Å². The predicted molar refractivity (Wildman–Crippen MR) is 65.4 cm³/mol. The molecular weight excluding hydrogens is 214 g/mol. The maximum absolute atomic E-state index is 12.2. The van der Waals surface area contributed by atoms with Gasteiger partial charge in [-0.25, -0.2) is 0 Å². The molecule has 3 rings (SSSR count). The Kier molecular flexibility index (Phi) is 3.12. The molecule has 3 aliphatic rings. The first-order valence-electron chi connectivity index (χ1n) is 7.18. The van der Waals surface area contributed by atoms with Crippen molar-refractivity contribution in [3.05, 3.63) is 0 Å². The molecule has 0 aromatic heterocycles. The maximum atomic E-state index is 12.2. The molecule has 1 amide bonds. The number of carbonyl (C=O) groups is 1. The molecule has 17 heavy (non-hydrogen) atoms. The molecule has 3 heteroatoms. The van der Waals surface area contributed by atoms with Crippen molar-refractivity contribution in [2.45, 2.75) is 51.0 Å². The lowest BCUT2D eigenvalue weighted by atomic mass is 9.86. The molecular formula is C14H23NO2. The average Bonchev–Trinajstić information content (AvgIpc) is 2.91. The van der Waals surface area contributed by atoms with Crippen LogP contribution in [-0.2, 0) is 4.79 Å². The van der Waals surface area contributed by atoms with Gasteiger partial charge in [-0.1, -0.05) is 6.42 Å². The van der Waals surface area contributed by atoms with Crippen molar-refractivity contribution in [1.29, 1.82) is 0 Å². The predicted octanol–water partition coefficient (Wildman–Crippen LogP) is 1.80. The van der Waals surface area contributed by atoms with Crippen molar-refractivity contribution in [2.24, 2.45) is 17.8 Å². The summed E-state index contributed by atoms with van der Waals surface area (Å²) in [6.07, 6.45) is 7.69. The second kappa shape index (κ2) is 4.60. The van der Waals surface area contributed by atoms with Crippen LogP contribution in [0.3, 0.4) is 0 Å². The molecule has 0 aromatic rings. The van der Waals surface area contributed by atoms with Crippen LogP contribution >= 0.6 is 0 Å². The molecule has 1 aliphatic heterocycles. The number of fused-ring (bicyclic) bond motifs is 2. The van der Waals surface area contributed by atoms with E-state index in [-0.39, 0.29) is 6.10 Å². The number of likely N-dealkylation sites (tertiary alicyclic amines) is 1. The SMILES string of the molecule is O=C(CC1CC2CCC1C2)N1CCC[C@H](O)C1. The monoisotopic (exact) mass is 237 g/mol. The number of nitrogens with zero attached hydrogens (tertiary/aromatic N) is 1. The van der Waals surface area contributed by atoms with E-state index >= 15 is 0 Å². The topological polar surface area (TPSA) is 40.5 Å². The van der Waals surface area contributed by atoms with Crippen LogP contribution in [0.15, 0.2) is 0 Å². The van der Waals surface area contributed by atoms with E-state index in [4.69, 9.17) is 0 Å². The first kappa shape index (κ1) is 11.5. The quantitative estimate of drug-likeness (QED) is 0.795. The van der Waals surface area contributed by atoms with Crippen LogP contribution in [0.2, 0.25) is 0 Å². The zero-order chi connectivity index (χ0) is 11.8. The van der Waals surface area contributed by atoms with Gasteiger partial charge < -0.3 is 10.0 Å². The maximum Gasteiger partial charge on any atom is 0.222 e. The molecule has 2 saturated carbocycles. The van der Waals surface area contributed by atoms with Crippen LogP contribution in [-0.4, -0.2) is 35.1 Å². The highest BCUT2D eigenvalue weighted by atomic mass is 16.3. The van der Waals surface area contributed by atoms with Gasteiger partial charge in [0.15, 0.2) is 0 Å². The molecule has 2 bridgehead atoms. The average molecular weight is 237 g/mol. The smallest absolute Gasteiger partial charge is 0.222 e. The summed E-state index contributed by atoms with van der Waals surface area (Å²) in [6.45, 7) is 1.43. The van der Waals surface area contributed by atoms with Crippen LogP contribution in [0.1, 0.15) is 44.9 Å². The Balaban J connectivity index is 1.53. The van der Waals surface area contributed by atoms with Crippen molar-refractivity contribution in [2.75, 3.05) is 13.1 Å². The molecule has 4 atom stereocenters. The molecule has 1 saturated heterocycles. The molecule has 2 aliphatic carbocycles. The van der Waals surface area contributed by atoms with Gasteiger partial charge in [-0.15, -0.1) is 0 Å². The minimum absolute atomic E-state index is 0.285. The fourth-order valence-electron chi connectivity index (χ4n) is 4.16. The number of hydrogen-bond acceptors (Lipinski definition) is 2. The molecule has 0 aromatic carbocycles. The van der Waals surface area contributed by atoms with Crippen LogP contribution in [0, 0.1) is 17.8 Å². The molecule has 3 nitrogen and oxygen atoms in total. The Morgan fingerprint density at radius 1 is 1.24 bits per heavy atom. The number of β-amino-alcohol motifs (C(OH)–C–C–N with tert-alkyl or cyclic N) is 1. The van der Waals surface area contributed by atoms with Crippen molar-refractivity contribution in [3.8, 4) is 0 Å². The van der Waals surface area contributed by atoms with Gasteiger partial charge in [0.2, 0.25) is 5.91 Å². The third-order valence-corrected chi connectivity index (χ3v) is 5.07. The number of piperidine rings is 1. The summed E-state index contributed by atoms with van der Waals surface area (Å²) in [5.74, 6) is 2.70. The van der Waals surface area contributed by atoms with E-state index in [0.717, 1.165) is 37.6 Å². The van der Waals surface area contributed by atoms with Crippen LogP contribution in [0.25, 0.3) is 0 Å². The van der Waals surface area contributed by atoms with Crippen LogP contribution in [0.4, 0.5) is 0 Å². The zero-order valence-corrected chi connectivity index (χ0v) is 10.5. The van der Waals surface area contributed by atoms with Gasteiger partial charge >= 0.3 is 0 Å². The number of carbonyl (C=O) groups excluding carboxylic acids is 1. The Labute approximate surface area is 103 Å². The van der Waals surface area contributed by atoms with Gasteiger partial charge in [-0.05, 0) is 49.9 Å². The van der Waals surface area contributed by atoms with Gasteiger partial charge in [0.05, 0.1) is 6.10 Å². The van der Waals surface area contributed by atoms with Gasteiger partial charge in [-0.2, -0.15) is 0 Å². The van der Waals surface area contributed by atoms with E-state index in [1.54, 1.807) is 0 Å². The first-order chi connectivity index (χ1) is 8.22. The fraction of sp³-hybridized carbons (Fsp3) is 0.929. The standard InChI is InChI=1S/C14H23NO2/c16-13-2-1-5-15(9-13)14(17)8-12-7-10-3-4-11(12)6-10/h10-13,16H,1-9H2/t10?,11?,12?,13-/m0/s1. The Morgan fingerprint density at radius 2 is 2.12 bits per heavy atom. The number of aliphatic hydroxyl groups excluding tert-OH is 1. The van der Waals surface area contributed by atoms with Gasteiger partial charge in [0, 0.05) is 19.5 Å². The summed E-state index contributed by atoms with van der Waals surface area (Å²) in [4.78, 5) is 14.1. The molecule has 1 N–H and O–H groups in total. The Morgan fingerprint density at radius 3 is 2.76 bits per heavy atom. The third kappa shape index (κ3) is 2.35. The Bertz CT molecular complexity index is 305. The normalized spacial score (nSPS) is 40.9. The molecule has 3 fully saturated rings. The summed E-state index contributed by atoms with van der Waals surface area (Å²) >= 11 is 0. The highest BCUT2D eigenvalue weighted by Gasteiger charge is 2.40. The van der Waals surface area contributed by atoms with Crippen LogP contribution in [0.5, 0.6) is 0 Å². The summed E-state index contributed by atoms with van der Waals surface area (Å²) < 4.78 is 0. The van der Waals surface area contributed by atoms with Gasteiger partial charge in [-0.3, -0.25) is 4.79 Å². The number of amides is 1. The van der Waals surface area contributed by atoms with E-state index in [2.05, 4.69) is 0 Å². The van der Waals surface area contributed by atoms with Crippen molar-refractivity contribution < 1.29 is 9.90 Å². The highest BCUT2D eigenvalue weighted by molar-refractivity contribution is 5.76. The molecule has 3 unspecified atom stereocenters. The summed E-state index contributed by atoms with van der Waals surface area (Å²) in [7, 11) is 0. The van der Waals surface area contributed by atoms with E-state index in [1.165, 1.54) is 25.7 Å². The molecule has 0 spiro atoms. The summed E-state index contributed by atoms with van der Waals surface area (Å²) in [6, 6.07) is 0. The summed E-state index contributed by atoms with van der Waals surface area (Å²) in [5, 5.41) is 9.60. The van der Waals surface area contributed by atoms with Gasteiger partial charge in [0.25, 0.3) is 0 Å². The molecule has 0 radical (unpaired) electrons. The van der Waals surface area contributed by atoms with Crippen molar-refractivity contribution in [1.82, 2.24) is 4.90 Å². The van der Waals surface area contributed by atoms with E-state index in [9.17, 15) is 9.90 Å². The zero-order valence-electron chi connectivity index (χ0n) is 10.5. The minimum Gasteiger partial charge on any atom is -0.391 e. The highest BCUT2D eigenvalue weighted by Crippen LogP contribution is 2.49. The van der Waals surface area contributed by atoms with E-state index in [0.29, 0.717) is 18.4 Å². The number of rotatable bonds is 2. The second-order valence-corrected chi connectivity index (χ2v) is 6.27. The Hall–Kier alpha value is -0.570. The summed E-state index contributed by atoms with van der Waals surface area (Å²) in [5.41, 5.74) is 0. The minimum atomic E-state index is -0.285. The second-order valence-electron chi connectivity index (χ2n) is 6.27. The number of hydrogen-bond donors (Lipinski definition) is 1. The van der Waals surface area contributed by atoms with E-state index in [1.807, 2.05) is 4.90 Å². The number of aliphatic hydroxyl groups is 1. The lowest BCUT2D eigenvalue weighted by molar-refractivity contribution is -0.135. The van der Waals surface area contributed by atoms with Crippen LogP contribution < -0.4 is 0 Å². The van der Waals surface area contributed by atoms with Crippen molar-refractivity contribution >= 4 is 5.91 Å². The van der Waals surface area contributed by atoms with Crippen molar-refractivity contribution in [3.63, 3.8) is 0 Å². The largest absolute Gasteiger partial charge is 0.391 e. The third-order valence-electron chi connectivity index (χ3n) is 5.07. The lowest BCUT2D eigenvalue weighted by Crippen LogP contribution is -2.43. The fourth-order valence-corrected chi connectivity index (χ4v) is 4.16. The first-order valence-corrected chi connectivity index (χ1v) is 7.18. The lowest BCUT2D eigenvalue weighted by Gasteiger charge is -2.32. The molecule has 96 valence electrons.